The van der Waals surface area contributed by atoms with Crippen molar-refractivity contribution in [1.29, 1.82) is 0 Å². The van der Waals surface area contributed by atoms with Crippen molar-refractivity contribution in [1.82, 2.24) is 29.5 Å². The minimum atomic E-state index is -0.456. The van der Waals surface area contributed by atoms with Crippen molar-refractivity contribution in [2.75, 3.05) is 6.61 Å². The molecule has 3 heterocycles. The summed E-state index contributed by atoms with van der Waals surface area (Å²) < 4.78 is 21.8. The Balaban J connectivity index is 1.69. The lowest BCUT2D eigenvalue weighted by molar-refractivity contribution is 0.0515. The average molecular weight is 449 g/mol. The zero-order valence-corrected chi connectivity index (χ0v) is 19.0. The minimum absolute atomic E-state index is 0.273. The first-order valence-electron chi connectivity index (χ1n) is 10.8. The Morgan fingerprint density at radius 1 is 1.09 bits per heavy atom. The Hall–Kier alpha value is -3.88. The molecule has 0 atom stereocenters. The fourth-order valence-electron chi connectivity index (χ4n) is 3.83. The SMILES string of the molecule is CCOC(=O)c1cc(C)nn1-c1cc(Cc2c(CC)c(-c3ccc(F)cc3)nn2C)ncn1. The highest BCUT2D eigenvalue weighted by Gasteiger charge is 2.20. The van der Waals surface area contributed by atoms with Crippen LogP contribution in [0.15, 0.2) is 42.7 Å². The van der Waals surface area contributed by atoms with Gasteiger partial charge in [-0.25, -0.2) is 23.8 Å². The summed E-state index contributed by atoms with van der Waals surface area (Å²) >= 11 is 0. The molecule has 9 heteroatoms. The second kappa shape index (κ2) is 9.32. The number of aryl methyl sites for hydroxylation is 2. The van der Waals surface area contributed by atoms with Crippen molar-refractivity contribution in [2.24, 2.45) is 7.05 Å². The Kier molecular flexibility index (Phi) is 6.30. The van der Waals surface area contributed by atoms with E-state index < -0.39 is 5.97 Å². The molecule has 33 heavy (non-hydrogen) atoms. The zero-order valence-electron chi connectivity index (χ0n) is 19.0. The topological polar surface area (TPSA) is 87.7 Å². The summed E-state index contributed by atoms with van der Waals surface area (Å²) in [5.41, 5.74) is 5.53. The van der Waals surface area contributed by atoms with Crippen molar-refractivity contribution >= 4 is 5.97 Å². The van der Waals surface area contributed by atoms with Crippen LogP contribution < -0.4 is 0 Å². The van der Waals surface area contributed by atoms with E-state index in [-0.39, 0.29) is 12.4 Å². The molecule has 0 saturated carbocycles. The number of rotatable bonds is 7. The molecule has 0 bridgehead atoms. The van der Waals surface area contributed by atoms with E-state index in [4.69, 9.17) is 9.84 Å². The molecule has 0 aliphatic rings. The smallest absolute Gasteiger partial charge is 0.357 e. The van der Waals surface area contributed by atoms with Gasteiger partial charge in [-0.3, -0.25) is 4.68 Å². The van der Waals surface area contributed by atoms with Crippen LogP contribution in [0.4, 0.5) is 4.39 Å². The van der Waals surface area contributed by atoms with Gasteiger partial charge in [-0.1, -0.05) is 6.92 Å². The predicted molar refractivity (Wildman–Crippen MR) is 121 cm³/mol. The molecule has 3 aromatic heterocycles. The van der Waals surface area contributed by atoms with Crippen molar-refractivity contribution in [3.05, 3.63) is 76.9 Å². The number of hydrogen-bond donors (Lipinski definition) is 0. The van der Waals surface area contributed by atoms with Gasteiger partial charge in [0.1, 0.15) is 12.1 Å². The third-order valence-corrected chi connectivity index (χ3v) is 5.34. The van der Waals surface area contributed by atoms with E-state index in [9.17, 15) is 9.18 Å². The molecule has 4 aromatic rings. The monoisotopic (exact) mass is 448 g/mol. The molecule has 0 unspecified atom stereocenters. The number of carbonyl (C=O) groups is 1. The Labute approximate surface area is 191 Å². The van der Waals surface area contributed by atoms with Gasteiger partial charge < -0.3 is 4.74 Å². The number of benzene rings is 1. The number of aromatic nitrogens is 6. The standard InChI is InChI=1S/C24H25FN6O2/c1-5-19-20(30(4)29-23(19)16-7-9-17(25)10-8-16)12-18-13-22(27-14-26-18)31-21(11-15(3)28-31)24(32)33-6-2/h7-11,13-14H,5-6,12H2,1-4H3. The normalized spacial score (nSPS) is 11.1. The van der Waals surface area contributed by atoms with Gasteiger partial charge in [-0.2, -0.15) is 10.2 Å². The molecule has 4 rings (SSSR count). The summed E-state index contributed by atoms with van der Waals surface area (Å²) in [6.45, 7) is 5.90. The molecule has 0 amide bonds. The molecule has 0 spiro atoms. The number of hydrogen-bond acceptors (Lipinski definition) is 6. The van der Waals surface area contributed by atoms with Gasteiger partial charge in [-0.05, 0) is 50.6 Å². The van der Waals surface area contributed by atoms with Crippen LogP contribution in [0.1, 0.15) is 47.0 Å². The minimum Gasteiger partial charge on any atom is -0.461 e. The third-order valence-electron chi connectivity index (χ3n) is 5.34. The zero-order chi connectivity index (χ0) is 23.5. The van der Waals surface area contributed by atoms with Crippen LogP contribution >= 0.6 is 0 Å². The van der Waals surface area contributed by atoms with Crippen LogP contribution in [0, 0.1) is 12.7 Å². The second-order valence-corrected chi connectivity index (χ2v) is 7.61. The molecule has 0 N–H and O–H groups in total. The first-order valence-corrected chi connectivity index (χ1v) is 10.8. The van der Waals surface area contributed by atoms with Crippen molar-refractivity contribution in [3.63, 3.8) is 0 Å². The van der Waals surface area contributed by atoms with Crippen LogP contribution in [0.5, 0.6) is 0 Å². The van der Waals surface area contributed by atoms with E-state index in [1.165, 1.54) is 23.1 Å². The van der Waals surface area contributed by atoms with E-state index in [1.54, 1.807) is 31.2 Å². The van der Waals surface area contributed by atoms with Gasteiger partial charge >= 0.3 is 5.97 Å². The quantitative estimate of drug-likeness (QED) is 0.399. The van der Waals surface area contributed by atoms with E-state index in [1.807, 2.05) is 18.7 Å². The average Bonchev–Trinajstić information content (AvgIpc) is 3.34. The van der Waals surface area contributed by atoms with Crippen molar-refractivity contribution in [3.8, 4) is 17.1 Å². The van der Waals surface area contributed by atoms with Gasteiger partial charge in [0.25, 0.3) is 0 Å². The first-order chi connectivity index (χ1) is 15.9. The number of ether oxygens (including phenoxy) is 1. The maximum absolute atomic E-state index is 13.4. The largest absolute Gasteiger partial charge is 0.461 e. The summed E-state index contributed by atoms with van der Waals surface area (Å²) in [6, 6.07) is 9.82. The van der Waals surface area contributed by atoms with Gasteiger partial charge in [0.15, 0.2) is 11.5 Å². The number of carbonyl (C=O) groups excluding carboxylic acids is 1. The van der Waals surface area contributed by atoms with Crippen LogP contribution in [-0.4, -0.2) is 42.1 Å². The van der Waals surface area contributed by atoms with E-state index >= 15 is 0 Å². The Morgan fingerprint density at radius 2 is 1.85 bits per heavy atom. The van der Waals surface area contributed by atoms with Gasteiger partial charge in [-0.15, -0.1) is 0 Å². The van der Waals surface area contributed by atoms with Crippen LogP contribution in [-0.2, 0) is 24.6 Å². The van der Waals surface area contributed by atoms with Gasteiger partial charge in [0.2, 0.25) is 0 Å². The fourth-order valence-corrected chi connectivity index (χ4v) is 3.83. The summed E-state index contributed by atoms with van der Waals surface area (Å²) in [5.74, 6) is -0.255. The molecular weight excluding hydrogens is 423 g/mol. The summed E-state index contributed by atoms with van der Waals surface area (Å²) in [4.78, 5) is 21.1. The first kappa shape index (κ1) is 22.3. The summed E-state index contributed by atoms with van der Waals surface area (Å²) in [5, 5.41) is 9.10. The predicted octanol–water partition coefficient (Wildman–Crippen LogP) is 3.84. The lowest BCUT2D eigenvalue weighted by Crippen LogP contribution is -2.13. The molecule has 0 radical (unpaired) electrons. The maximum atomic E-state index is 13.4. The lowest BCUT2D eigenvalue weighted by atomic mass is 10.0. The molecule has 1 aromatic carbocycles. The molecule has 170 valence electrons. The van der Waals surface area contributed by atoms with Crippen LogP contribution in [0.3, 0.4) is 0 Å². The Morgan fingerprint density at radius 3 is 2.55 bits per heavy atom. The number of halogens is 1. The third kappa shape index (κ3) is 4.52. The molecule has 0 aliphatic heterocycles. The van der Waals surface area contributed by atoms with Crippen LogP contribution in [0.2, 0.25) is 0 Å². The molecular formula is C24H25FN6O2. The highest BCUT2D eigenvalue weighted by Crippen LogP contribution is 2.27. The number of nitrogens with zero attached hydrogens (tertiary/aromatic N) is 6. The Bertz CT molecular complexity index is 1290. The van der Waals surface area contributed by atoms with Crippen molar-refractivity contribution in [2.45, 2.75) is 33.6 Å². The van der Waals surface area contributed by atoms with Crippen molar-refractivity contribution < 1.29 is 13.9 Å². The lowest BCUT2D eigenvalue weighted by Gasteiger charge is -2.09. The maximum Gasteiger partial charge on any atom is 0.357 e. The van der Waals surface area contributed by atoms with Gasteiger partial charge in [0, 0.05) is 36.4 Å². The molecule has 0 aliphatic carbocycles. The summed E-state index contributed by atoms with van der Waals surface area (Å²) in [6.07, 6.45) is 2.73. The van der Waals surface area contributed by atoms with E-state index in [2.05, 4.69) is 22.0 Å². The fraction of sp³-hybridized carbons (Fsp3) is 0.292. The highest BCUT2D eigenvalue weighted by atomic mass is 19.1. The van der Waals surface area contributed by atoms with E-state index in [0.717, 1.165) is 34.6 Å². The van der Waals surface area contributed by atoms with E-state index in [0.29, 0.717) is 23.6 Å². The summed E-state index contributed by atoms with van der Waals surface area (Å²) in [7, 11) is 1.89. The molecule has 0 saturated heterocycles. The number of esters is 1. The molecule has 0 fully saturated rings. The highest BCUT2D eigenvalue weighted by molar-refractivity contribution is 5.88. The molecule has 8 nitrogen and oxygen atoms in total. The second-order valence-electron chi connectivity index (χ2n) is 7.61. The van der Waals surface area contributed by atoms with Gasteiger partial charge in [0.05, 0.1) is 23.7 Å². The van der Waals surface area contributed by atoms with Crippen LogP contribution in [0.25, 0.3) is 17.1 Å².